The van der Waals surface area contributed by atoms with Crippen LogP contribution in [0.1, 0.15) is 63.7 Å². The quantitative estimate of drug-likeness (QED) is 0.893. The van der Waals surface area contributed by atoms with Gasteiger partial charge < -0.3 is 10.3 Å². The van der Waals surface area contributed by atoms with Crippen LogP contribution in [0.25, 0.3) is 0 Å². The molecule has 0 saturated heterocycles. The van der Waals surface area contributed by atoms with Gasteiger partial charge in [0, 0.05) is 18.8 Å². The zero-order valence-corrected chi connectivity index (χ0v) is 12.8. The number of nitrogens with one attached hydrogen (secondary N) is 2. The highest BCUT2D eigenvalue weighted by Crippen LogP contribution is 2.61. The van der Waals surface area contributed by atoms with Gasteiger partial charge in [-0.2, -0.15) is 0 Å². The minimum atomic E-state index is -0.0265. The molecule has 21 heavy (non-hydrogen) atoms. The summed E-state index contributed by atoms with van der Waals surface area (Å²) in [5, 5.41) is 3.12. The van der Waals surface area contributed by atoms with Gasteiger partial charge in [-0.15, -0.1) is 0 Å². The first-order valence-corrected chi connectivity index (χ1v) is 8.40. The minimum Gasteiger partial charge on any atom is -0.347 e. The second-order valence-corrected chi connectivity index (χ2v) is 7.86. The predicted octanol–water partition coefficient (Wildman–Crippen LogP) is 3.19. The molecule has 1 aromatic rings. The van der Waals surface area contributed by atoms with Crippen molar-refractivity contribution in [1.82, 2.24) is 15.3 Å². The predicted molar refractivity (Wildman–Crippen MR) is 80.4 cm³/mol. The van der Waals surface area contributed by atoms with Crippen LogP contribution >= 0.6 is 0 Å². The third-order valence-corrected chi connectivity index (χ3v) is 6.01. The van der Waals surface area contributed by atoms with Gasteiger partial charge in [0.05, 0.1) is 6.04 Å². The topological polar surface area (TPSA) is 57.8 Å². The molecule has 0 radical (unpaired) electrons. The van der Waals surface area contributed by atoms with Crippen molar-refractivity contribution in [3.63, 3.8) is 0 Å². The van der Waals surface area contributed by atoms with Gasteiger partial charge in [-0.05, 0) is 68.6 Å². The normalized spacial score (nSPS) is 38.4. The number of nitrogens with zero attached hydrogens (tertiary/aromatic N) is 1. The Balaban J connectivity index is 1.40. The zero-order valence-electron chi connectivity index (χ0n) is 12.8. The van der Waals surface area contributed by atoms with E-state index in [1.54, 1.807) is 12.4 Å². The van der Waals surface area contributed by atoms with Crippen molar-refractivity contribution in [3.05, 3.63) is 18.2 Å². The summed E-state index contributed by atoms with van der Waals surface area (Å²) in [5.41, 5.74) is 0.321. The molecule has 4 saturated carbocycles. The molecule has 4 fully saturated rings. The number of carbonyl (C=O) groups excluding carboxylic acids is 1. The Kier molecular flexibility index (Phi) is 3.09. The van der Waals surface area contributed by atoms with Crippen molar-refractivity contribution in [2.75, 3.05) is 0 Å². The lowest BCUT2D eigenvalue weighted by atomic mass is 9.49. The van der Waals surface area contributed by atoms with Crippen LogP contribution in [0.3, 0.4) is 0 Å². The molecule has 4 bridgehead atoms. The Morgan fingerprint density at radius 2 is 1.95 bits per heavy atom. The van der Waals surface area contributed by atoms with E-state index in [1.165, 1.54) is 38.5 Å². The molecular formula is C17H25N3O. The zero-order chi connectivity index (χ0) is 14.4. The van der Waals surface area contributed by atoms with Crippen molar-refractivity contribution in [1.29, 1.82) is 0 Å². The fraction of sp³-hybridized carbons (Fsp3) is 0.765. The van der Waals surface area contributed by atoms with Crippen molar-refractivity contribution in [2.45, 2.75) is 57.9 Å². The minimum absolute atomic E-state index is 0.0265. The summed E-state index contributed by atoms with van der Waals surface area (Å²) < 4.78 is 0. The highest BCUT2D eigenvalue weighted by atomic mass is 16.1. The van der Waals surface area contributed by atoms with Crippen molar-refractivity contribution >= 4 is 5.91 Å². The number of carbonyl (C=O) groups is 1. The van der Waals surface area contributed by atoms with Crippen LogP contribution in [0.4, 0.5) is 0 Å². The molecule has 114 valence electrons. The maximum atomic E-state index is 12.5. The summed E-state index contributed by atoms with van der Waals surface area (Å²) in [6.45, 7) is 2.00. The molecule has 0 aliphatic heterocycles. The van der Waals surface area contributed by atoms with Crippen molar-refractivity contribution in [2.24, 2.45) is 23.2 Å². The molecule has 0 spiro atoms. The van der Waals surface area contributed by atoms with Crippen molar-refractivity contribution < 1.29 is 4.79 Å². The maximum Gasteiger partial charge on any atom is 0.221 e. The molecule has 1 atom stereocenters. The van der Waals surface area contributed by atoms with E-state index in [4.69, 9.17) is 0 Å². The third-order valence-electron chi connectivity index (χ3n) is 6.01. The maximum absolute atomic E-state index is 12.5. The Bertz CT molecular complexity index is 487. The number of imidazole rings is 1. The van der Waals surface area contributed by atoms with E-state index < -0.39 is 0 Å². The molecule has 1 aromatic heterocycles. The Morgan fingerprint density at radius 3 is 2.48 bits per heavy atom. The molecular weight excluding hydrogens is 262 g/mol. The second kappa shape index (κ2) is 4.85. The van der Waals surface area contributed by atoms with Crippen LogP contribution in [-0.2, 0) is 4.79 Å². The van der Waals surface area contributed by atoms with Gasteiger partial charge in [-0.25, -0.2) is 4.98 Å². The average Bonchev–Trinajstić information content (AvgIpc) is 2.89. The number of rotatable bonds is 4. The van der Waals surface area contributed by atoms with Crippen molar-refractivity contribution in [3.8, 4) is 0 Å². The molecule has 0 unspecified atom stereocenters. The van der Waals surface area contributed by atoms with Gasteiger partial charge in [0.1, 0.15) is 5.82 Å². The van der Waals surface area contributed by atoms with E-state index in [1.807, 2.05) is 6.92 Å². The highest BCUT2D eigenvalue weighted by Gasteiger charge is 2.51. The van der Waals surface area contributed by atoms with Crippen LogP contribution < -0.4 is 5.32 Å². The molecule has 4 aliphatic rings. The average molecular weight is 287 g/mol. The third kappa shape index (κ3) is 2.49. The number of hydrogen-bond acceptors (Lipinski definition) is 2. The first-order chi connectivity index (χ1) is 10.1. The Morgan fingerprint density at radius 1 is 1.33 bits per heavy atom. The summed E-state index contributed by atoms with van der Waals surface area (Å²) in [6, 6.07) is -0.0265. The van der Waals surface area contributed by atoms with E-state index in [0.717, 1.165) is 30.0 Å². The van der Waals surface area contributed by atoms with Gasteiger partial charge in [0.2, 0.25) is 5.91 Å². The second-order valence-electron chi connectivity index (χ2n) is 7.86. The molecule has 4 nitrogen and oxygen atoms in total. The van der Waals surface area contributed by atoms with E-state index in [9.17, 15) is 4.79 Å². The standard InChI is InChI=1S/C17H25N3O/c1-11(16-18-2-3-19-16)20-15(21)10-17-7-12-4-13(8-17)6-14(5-12)9-17/h2-3,11-14H,4-10H2,1H3,(H,18,19)(H,20,21)/t11-,12?,13?,14?,17?/m1/s1. The summed E-state index contributed by atoms with van der Waals surface area (Å²) >= 11 is 0. The molecule has 1 amide bonds. The smallest absolute Gasteiger partial charge is 0.221 e. The van der Waals surface area contributed by atoms with Crippen LogP contribution in [0.5, 0.6) is 0 Å². The molecule has 4 aliphatic carbocycles. The molecule has 2 N–H and O–H groups in total. The Labute approximate surface area is 126 Å². The van der Waals surface area contributed by atoms with Gasteiger partial charge in [-0.1, -0.05) is 0 Å². The molecule has 1 heterocycles. The van der Waals surface area contributed by atoms with Gasteiger partial charge >= 0.3 is 0 Å². The molecule has 5 rings (SSSR count). The van der Waals surface area contributed by atoms with E-state index >= 15 is 0 Å². The van der Waals surface area contributed by atoms with Gasteiger partial charge in [-0.3, -0.25) is 4.79 Å². The summed E-state index contributed by atoms with van der Waals surface area (Å²) in [7, 11) is 0. The summed E-state index contributed by atoms with van der Waals surface area (Å²) in [6.07, 6.45) is 12.4. The fourth-order valence-corrected chi connectivity index (χ4v) is 5.72. The van der Waals surface area contributed by atoms with Gasteiger partial charge in [0.25, 0.3) is 0 Å². The number of amides is 1. The summed E-state index contributed by atoms with van der Waals surface area (Å²) in [5.74, 6) is 3.78. The van der Waals surface area contributed by atoms with Gasteiger partial charge in [0.15, 0.2) is 0 Å². The molecule has 0 aromatic carbocycles. The van der Waals surface area contributed by atoms with E-state index in [-0.39, 0.29) is 11.9 Å². The first-order valence-electron chi connectivity index (χ1n) is 8.40. The lowest BCUT2D eigenvalue weighted by Gasteiger charge is -2.56. The summed E-state index contributed by atoms with van der Waals surface area (Å²) in [4.78, 5) is 19.8. The largest absolute Gasteiger partial charge is 0.347 e. The lowest BCUT2D eigenvalue weighted by molar-refractivity contribution is -0.130. The SMILES string of the molecule is C[C@@H](NC(=O)CC12CC3CC(CC(C3)C1)C2)c1ncc[nH]1. The van der Waals surface area contributed by atoms with Crippen LogP contribution in [0, 0.1) is 23.2 Å². The van der Waals surface area contributed by atoms with E-state index in [2.05, 4.69) is 15.3 Å². The highest BCUT2D eigenvalue weighted by molar-refractivity contribution is 5.77. The number of aromatic nitrogens is 2. The Hall–Kier alpha value is -1.32. The lowest BCUT2D eigenvalue weighted by Crippen LogP contribution is -2.48. The number of aromatic amines is 1. The van der Waals surface area contributed by atoms with Crippen LogP contribution in [-0.4, -0.2) is 15.9 Å². The number of H-pyrrole nitrogens is 1. The van der Waals surface area contributed by atoms with E-state index in [0.29, 0.717) is 5.41 Å². The van der Waals surface area contributed by atoms with Crippen LogP contribution in [0.15, 0.2) is 12.4 Å². The monoisotopic (exact) mass is 287 g/mol. The molecule has 4 heteroatoms. The first kappa shape index (κ1) is 13.4. The van der Waals surface area contributed by atoms with Crippen LogP contribution in [0.2, 0.25) is 0 Å². The number of hydrogen-bond donors (Lipinski definition) is 2. The fourth-order valence-electron chi connectivity index (χ4n) is 5.72.